The molecule has 7 heteroatoms. The second-order valence-electron chi connectivity index (χ2n) is 3.58. The van der Waals surface area contributed by atoms with Crippen LogP contribution in [-0.4, -0.2) is 33.2 Å². The largest absolute Gasteiger partial charge is 0.494 e. The number of aromatic carboxylic acids is 1. The van der Waals surface area contributed by atoms with Crippen molar-refractivity contribution in [2.45, 2.75) is 6.54 Å². The van der Waals surface area contributed by atoms with Crippen molar-refractivity contribution in [3.63, 3.8) is 0 Å². The minimum absolute atomic E-state index is 0.149. The van der Waals surface area contributed by atoms with E-state index in [1.807, 2.05) is 0 Å². The average molecular weight is 251 g/mol. The van der Waals surface area contributed by atoms with Gasteiger partial charge in [0.25, 0.3) is 0 Å². The standard InChI is InChI=1S/C11H10FN3O3/c1-18-10-3-2-7(4-8(10)12)5-15-6-9(11(16)17)13-14-15/h2-4,6H,5H2,1H3,(H,16,17). The zero-order chi connectivity index (χ0) is 13.1. The SMILES string of the molecule is COc1ccc(Cn2cc(C(=O)O)nn2)cc1F. The van der Waals surface area contributed by atoms with Gasteiger partial charge in [-0.15, -0.1) is 5.10 Å². The molecule has 0 spiro atoms. The maximum absolute atomic E-state index is 13.4. The van der Waals surface area contributed by atoms with Gasteiger partial charge in [0, 0.05) is 0 Å². The van der Waals surface area contributed by atoms with E-state index in [9.17, 15) is 9.18 Å². The summed E-state index contributed by atoms with van der Waals surface area (Å²) in [6.07, 6.45) is 1.28. The maximum atomic E-state index is 13.4. The molecule has 0 aliphatic rings. The molecule has 0 saturated heterocycles. The van der Waals surface area contributed by atoms with Crippen LogP contribution in [0, 0.1) is 5.82 Å². The number of hydrogen-bond donors (Lipinski definition) is 1. The van der Waals surface area contributed by atoms with Gasteiger partial charge < -0.3 is 9.84 Å². The molecular formula is C11H10FN3O3. The molecule has 0 fully saturated rings. The Kier molecular flexibility index (Phi) is 3.22. The highest BCUT2D eigenvalue weighted by Gasteiger charge is 2.09. The second-order valence-corrected chi connectivity index (χ2v) is 3.58. The van der Waals surface area contributed by atoms with Gasteiger partial charge >= 0.3 is 5.97 Å². The van der Waals surface area contributed by atoms with Crippen molar-refractivity contribution in [1.29, 1.82) is 0 Å². The fourth-order valence-corrected chi connectivity index (χ4v) is 1.47. The summed E-state index contributed by atoms with van der Waals surface area (Å²) in [4.78, 5) is 10.6. The smallest absolute Gasteiger partial charge is 0.358 e. The van der Waals surface area contributed by atoms with Crippen molar-refractivity contribution < 1.29 is 19.0 Å². The molecule has 2 rings (SSSR count). The van der Waals surface area contributed by atoms with Crippen LogP contribution < -0.4 is 4.74 Å². The molecule has 94 valence electrons. The van der Waals surface area contributed by atoms with Gasteiger partial charge in [-0.3, -0.25) is 0 Å². The molecule has 1 N–H and O–H groups in total. The summed E-state index contributed by atoms with van der Waals surface area (Å²) in [7, 11) is 1.38. The third-order valence-electron chi connectivity index (χ3n) is 2.32. The van der Waals surface area contributed by atoms with Crippen LogP contribution in [0.25, 0.3) is 0 Å². The van der Waals surface area contributed by atoms with Gasteiger partial charge in [-0.05, 0) is 17.7 Å². The van der Waals surface area contributed by atoms with E-state index in [1.165, 1.54) is 30.1 Å². The Labute approximate surface area is 102 Å². The Morgan fingerprint density at radius 2 is 2.33 bits per heavy atom. The van der Waals surface area contributed by atoms with Crippen LogP contribution in [-0.2, 0) is 6.54 Å². The van der Waals surface area contributed by atoms with Crippen LogP contribution in [0.15, 0.2) is 24.4 Å². The van der Waals surface area contributed by atoms with Gasteiger partial charge in [-0.25, -0.2) is 13.9 Å². The predicted octanol–water partition coefficient (Wildman–Crippen LogP) is 1.17. The van der Waals surface area contributed by atoms with Crippen LogP contribution in [0.2, 0.25) is 0 Å². The first-order valence-electron chi connectivity index (χ1n) is 5.06. The summed E-state index contributed by atoms with van der Waals surface area (Å²) in [6, 6.07) is 4.48. The number of methoxy groups -OCH3 is 1. The molecule has 6 nitrogen and oxygen atoms in total. The first-order valence-corrected chi connectivity index (χ1v) is 5.06. The van der Waals surface area contributed by atoms with E-state index in [2.05, 4.69) is 10.3 Å². The van der Waals surface area contributed by atoms with Gasteiger partial charge in [-0.1, -0.05) is 11.3 Å². The highest BCUT2D eigenvalue weighted by Crippen LogP contribution is 2.18. The third kappa shape index (κ3) is 2.45. The zero-order valence-corrected chi connectivity index (χ0v) is 9.50. The average Bonchev–Trinajstić information content (AvgIpc) is 2.78. The Balaban J connectivity index is 2.18. The molecule has 0 saturated carbocycles. The topological polar surface area (TPSA) is 77.2 Å². The summed E-state index contributed by atoms with van der Waals surface area (Å²) < 4.78 is 19.5. The van der Waals surface area contributed by atoms with E-state index < -0.39 is 11.8 Å². The van der Waals surface area contributed by atoms with Crippen molar-refractivity contribution >= 4 is 5.97 Å². The lowest BCUT2D eigenvalue weighted by Gasteiger charge is -2.04. The van der Waals surface area contributed by atoms with E-state index in [-0.39, 0.29) is 18.0 Å². The Hall–Kier alpha value is -2.44. The fourth-order valence-electron chi connectivity index (χ4n) is 1.47. The van der Waals surface area contributed by atoms with E-state index in [0.29, 0.717) is 5.56 Å². The fraction of sp³-hybridized carbons (Fsp3) is 0.182. The van der Waals surface area contributed by atoms with Gasteiger partial charge in [0.2, 0.25) is 0 Å². The molecular weight excluding hydrogens is 241 g/mol. The lowest BCUT2D eigenvalue weighted by molar-refractivity contribution is 0.0690. The van der Waals surface area contributed by atoms with Crippen molar-refractivity contribution in [3.05, 3.63) is 41.5 Å². The summed E-state index contributed by atoms with van der Waals surface area (Å²) in [6.45, 7) is 0.237. The summed E-state index contributed by atoms with van der Waals surface area (Å²) in [5.74, 6) is -1.47. The first kappa shape index (κ1) is 12.0. The third-order valence-corrected chi connectivity index (χ3v) is 2.32. The lowest BCUT2D eigenvalue weighted by Crippen LogP contribution is -2.01. The Morgan fingerprint density at radius 3 is 2.89 bits per heavy atom. The van der Waals surface area contributed by atoms with Crippen LogP contribution in [0.4, 0.5) is 4.39 Å². The molecule has 0 aliphatic heterocycles. The van der Waals surface area contributed by atoms with Crippen molar-refractivity contribution in [3.8, 4) is 5.75 Å². The molecule has 0 radical (unpaired) electrons. The second kappa shape index (κ2) is 4.82. The van der Waals surface area contributed by atoms with Crippen LogP contribution in [0.3, 0.4) is 0 Å². The highest BCUT2D eigenvalue weighted by molar-refractivity contribution is 5.84. The number of aromatic nitrogens is 3. The number of hydrogen-bond acceptors (Lipinski definition) is 4. The summed E-state index contributed by atoms with van der Waals surface area (Å²) in [5, 5.41) is 15.8. The van der Waals surface area contributed by atoms with Gasteiger partial charge in [0.05, 0.1) is 19.9 Å². The molecule has 0 amide bonds. The van der Waals surface area contributed by atoms with Crippen LogP contribution in [0.5, 0.6) is 5.75 Å². The van der Waals surface area contributed by atoms with Crippen LogP contribution >= 0.6 is 0 Å². The Morgan fingerprint density at radius 1 is 1.56 bits per heavy atom. The molecule has 0 aliphatic carbocycles. The quantitative estimate of drug-likeness (QED) is 0.882. The number of nitrogens with zero attached hydrogens (tertiary/aromatic N) is 3. The minimum atomic E-state index is -1.15. The molecule has 18 heavy (non-hydrogen) atoms. The van der Waals surface area contributed by atoms with Crippen LogP contribution in [0.1, 0.15) is 16.1 Å². The number of benzene rings is 1. The summed E-state index contributed by atoms with van der Waals surface area (Å²) in [5.41, 5.74) is 0.485. The molecule has 1 aromatic heterocycles. The lowest BCUT2D eigenvalue weighted by atomic mass is 10.2. The van der Waals surface area contributed by atoms with E-state index in [0.717, 1.165) is 0 Å². The number of carbonyl (C=O) groups is 1. The number of carboxylic acids is 1. The number of ether oxygens (including phenoxy) is 1. The van der Waals surface area contributed by atoms with Gasteiger partial charge in [0.1, 0.15) is 0 Å². The van der Waals surface area contributed by atoms with Crippen molar-refractivity contribution in [1.82, 2.24) is 15.0 Å². The monoisotopic (exact) mass is 251 g/mol. The van der Waals surface area contributed by atoms with Gasteiger partial charge in [-0.2, -0.15) is 0 Å². The zero-order valence-electron chi connectivity index (χ0n) is 9.50. The normalized spacial score (nSPS) is 10.3. The predicted molar refractivity (Wildman–Crippen MR) is 59.0 cm³/mol. The molecule has 1 aromatic carbocycles. The molecule has 1 heterocycles. The number of rotatable bonds is 4. The van der Waals surface area contributed by atoms with E-state index in [1.54, 1.807) is 6.07 Å². The Bertz CT molecular complexity index is 583. The number of carboxylic acid groups (broad SMARTS) is 1. The van der Waals surface area contributed by atoms with Crippen molar-refractivity contribution in [2.24, 2.45) is 0 Å². The summed E-state index contributed by atoms with van der Waals surface area (Å²) >= 11 is 0. The van der Waals surface area contributed by atoms with Gasteiger partial charge in [0.15, 0.2) is 17.3 Å². The first-order chi connectivity index (χ1) is 8.60. The molecule has 0 atom stereocenters. The van der Waals surface area contributed by atoms with Crippen molar-refractivity contribution in [2.75, 3.05) is 7.11 Å². The molecule has 0 bridgehead atoms. The molecule has 0 unspecified atom stereocenters. The highest BCUT2D eigenvalue weighted by atomic mass is 19.1. The molecule has 2 aromatic rings. The minimum Gasteiger partial charge on any atom is -0.494 e. The maximum Gasteiger partial charge on any atom is 0.358 e. The van der Waals surface area contributed by atoms with E-state index in [4.69, 9.17) is 9.84 Å². The number of halogens is 1. The van der Waals surface area contributed by atoms with E-state index >= 15 is 0 Å².